The maximum atomic E-state index is 13.2. The molecule has 0 spiro atoms. The molecule has 3 aromatic rings. The van der Waals surface area contributed by atoms with Crippen LogP contribution in [0.15, 0.2) is 50.4 Å². The smallest absolute Gasteiger partial charge is 0.409 e. The van der Waals surface area contributed by atoms with Crippen molar-refractivity contribution in [1.82, 2.24) is 4.57 Å². The number of fused-ring (bicyclic) bond motifs is 1. The van der Waals surface area contributed by atoms with Crippen LogP contribution in [-0.2, 0) is 0 Å². The zero-order valence-electron chi connectivity index (χ0n) is 10.3. The second-order valence-corrected chi connectivity index (χ2v) is 5.09. The first-order chi connectivity index (χ1) is 9.97. The molecule has 4 nitrogen and oxygen atoms in total. The summed E-state index contributed by atoms with van der Waals surface area (Å²) in [4.78, 5) is 24.4. The summed E-state index contributed by atoms with van der Waals surface area (Å²) in [5.74, 6) is -1.54. The van der Waals surface area contributed by atoms with Crippen LogP contribution >= 0.6 is 23.2 Å². The Labute approximate surface area is 126 Å². The Balaban J connectivity index is 2.39. The first-order valence-corrected chi connectivity index (χ1v) is 6.54. The third-order valence-electron chi connectivity index (χ3n) is 2.92. The van der Waals surface area contributed by atoms with Crippen LogP contribution in [0.2, 0.25) is 10.0 Å². The maximum Gasteiger partial charge on any atom is 0.426 e. The lowest BCUT2D eigenvalue weighted by Gasteiger charge is -2.06. The van der Waals surface area contributed by atoms with Crippen LogP contribution in [0.5, 0.6) is 0 Å². The van der Waals surface area contributed by atoms with Crippen LogP contribution < -0.4 is 11.3 Å². The number of hydrogen-bond acceptors (Lipinski definition) is 3. The van der Waals surface area contributed by atoms with Crippen molar-refractivity contribution in [1.29, 1.82) is 0 Å². The van der Waals surface area contributed by atoms with Crippen LogP contribution in [0.3, 0.4) is 0 Å². The normalized spacial score (nSPS) is 11.0. The lowest BCUT2D eigenvalue weighted by molar-refractivity contribution is 0.503. The third kappa shape index (κ3) is 2.34. The highest BCUT2D eigenvalue weighted by atomic mass is 35.5. The summed E-state index contributed by atoms with van der Waals surface area (Å²) in [5.41, 5.74) is -0.382. The fourth-order valence-corrected chi connectivity index (χ4v) is 2.30. The number of rotatable bonds is 1. The minimum atomic E-state index is -0.891. The van der Waals surface area contributed by atoms with Crippen molar-refractivity contribution in [3.8, 4) is 5.69 Å². The van der Waals surface area contributed by atoms with E-state index in [1.165, 1.54) is 30.3 Å². The Morgan fingerprint density at radius 2 is 1.81 bits per heavy atom. The lowest BCUT2D eigenvalue weighted by Crippen LogP contribution is -2.30. The highest BCUT2D eigenvalue weighted by Gasteiger charge is 2.13. The van der Waals surface area contributed by atoms with Crippen molar-refractivity contribution in [2.24, 2.45) is 0 Å². The van der Waals surface area contributed by atoms with Crippen molar-refractivity contribution in [3.05, 3.63) is 73.2 Å². The van der Waals surface area contributed by atoms with Gasteiger partial charge in [0.1, 0.15) is 11.4 Å². The van der Waals surface area contributed by atoms with Gasteiger partial charge in [0, 0.05) is 5.02 Å². The Kier molecular flexibility index (Phi) is 3.31. The molecule has 0 aliphatic rings. The molecule has 0 radical (unpaired) electrons. The first kappa shape index (κ1) is 13.9. The number of aromatic nitrogens is 1. The van der Waals surface area contributed by atoms with Crippen LogP contribution in [0.4, 0.5) is 4.39 Å². The van der Waals surface area contributed by atoms with Gasteiger partial charge in [-0.25, -0.2) is 13.8 Å². The molecular weight excluding hydrogens is 320 g/mol. The topological polar surface area (TPSA) is 52.2 Å². The SMILES string of the molecule is O=c1oc2ccc(Cl)cc2c(=O)n1-c1ccc(F)c(Cl)c1. The lowest BCUT2D eigenvalue weighted by atomic mass is 10.2. The Bertz CT molecular complexity index is 978. The van der Waals surface area contributed by atoms with Crippen molar-refractivity contribution in [2.75, 3.05) is 0 Å². The van der Waals surface area contributed by atoms with Crippen molar-refractivity contribution >= 4 is 34.2 Å². The van der Waals surface area contributed by atoms with E-state index in [-0.39, 0.29) is 21.7 Å². The van der Waals surface area contributed by atoms with Gasteiger partial charge in [-0.15, -0.1) is 0 Å². The third-order valence-corrected chi connectivity index (χ3v) is 3.44. The molecule has 0 saturated carbocycles. The molecule has 0 amide bonds. The van der Waals surface area contributed by atoms with Gasteiger partial charge in [-0.3, -0.25) is 4.79 Å². The largest absolute Gasteiger partial charge is 0.426 e. The molecule has 7 heteroatoms. The molecule has 21 heavy (non-hydrogen) atoms. The standard InChI is InChI=1S/C14H6Cl2FNO3/c15-7-1-4-12-9(5-7)13(19)18(14(20)21-12)8-2-3-11(17)10(16)6-8/h1-6H. The number of halogens is 3. The molecule has 0 fully saturated rings. The first-order valence-electron chi connectivity index (χ1n) is 5.78. The van der Waals surface area contributed by atoms with E-state index in [1.807, 2.05) is 0 Å². The molecule has 0 atom stereocenters. The van der Waals surface area contributed by atoms with E-state index in [2.05, 4.69) is 0 Å². The predicted molar refractivity (Wildman–Crippen MR) is 78.1 cm³/mol. The van der Waals surface area contributed by atoms with Crippen LogP contribution in [0.1, 0.15) is 0 Å². The van der Waals surface area contributed by atoms with E-state index in [0.717, 1.165) is 10.6 Å². The molecule has 0 aliphatic carbocycles. The van der Waals surface area contributed by atoms with E-state index >= 15 is 0 Å². The zero-order valence-corrected chi connectivity index (χ0v) is 11.8. The Hall–Kier alpha value is -2.11. The maximum absolute atomic E-state index is 13.2. The van der Waals surface area contributed by atoms with Gasteiger partial charge in [-0.1, -0.05) is 23.2 Å². The molecule has 3 rings (SSSR count). The van der Waals surface area contributed by atoms with E-state index in [4.69, 9.17) is 27.6 Å². The van der Waals surface area contributed by atoms with Crippen molar-refractivity contribution in [3.63, 3.8) is 0 Å². The van der Waals surface area contributed by atoms with Gasteiger partial charge < -0.3 is 4.42 Å². The van der Waals surface area contributed by atoms with Crippen LogP contribution in [0.25, 0.3) is 16.7 Å². The van der Waals surface area contributed by atoms with Gasteiger partial charge in [0.05, 0.1) is 16.1 Å². The van der Waals surface area contributed by atoms with Gasteiger partial charge >= 0.3 is 5.76 Å². The van der Waals surface area contributed by atoms with E-state index in [1.54, 1.807) is 0 Å². The monoisotopic (exact) mass is 325 g/mol. The van der Waals surface area contributed by atoms with Crippen molar-refractivity contribution < 1.29 is 8.81 Å². The summed E-state index contributed by atoms with van der Waals surface area (Å²) in [6.45, 7) is 0. The molecule has 0 bridgehead atoms. The molecule has 0 aliphatic heterocycles. The predicted octanol–water partition coefficient (Wildman–Crippen LogP) is 3.39. The average molecular weight is 326 g/mol. The number of nitrogens with zero attached hydrogens (tertiary/aromatic N) is 1. The minimum absolute atomic E-state index is 0.113. The van der Waals surface area contributed by atoms with Crippen LogP contribution in [-0.4, -0.2) is 4.57 Å². The van der Waals surface area contributed by atoms with Gasteiger partial charge in [0.15, 0.2) is 0 Å². The van der Waals surface area contributed by atoms with Crippen LogP contribution in [0, 0.1) is 5.82 Å². The Morgan fingerprint density at radius 1 is 1.05 bits per heavy atom. The molecule has 1 aromatic heterocycles. The van der Waals surface area contributed by atoms with E-state index in [0.29, 0.717) is 5.02 Å². The van der Waals surface area contributed by atoms with Gasteiger partial charge in [0.2, 0.25) is 0 Å². The van der Waals surface area contributed by atoms with E-state index in [9.17, 15) is 14.0 Å². The van der Waals surface area contributed by atoms with Crippen molar-refractivity contribution in [2.45, 2.75) is 0 Å². The molecular formula is C14H6Cl2FNO3. The second kappa shape index (κ2) is 5.02. The summed E-state index contributed by atoms with van der Waals surface area (Å²) in [6, 6.07) is 7.82. The summed E-state index contributed by atoms with van der Waals surface area (Å²) in [7, 11) is 0. The van der Waals surface area contributed by atoms with Gasteiger partial charge in [0.25, 0.3) is 5.56 Å². The zero-order chi connectivity index (χ0) is 15.1. The summed E-state index contributed by atoms with van der Waals surface area (Å²) in [5, 5.41) is 0.268. The molecule has 0 saturated heterocycles. The Morgan fingerprint density at radius 3 is 2.52 bits per heavy atom. The molecule has 0 unspecified atom stereocenters. The fourth-order valence-electron chi connectivity index (χ4n) is 1.95. The number of benzene rings is 2. The molecule has 2 aromatic carbocycles. The molecule has 1 heterocycles. The summed E-state index contributed by atoms with van der Waals surface area (Å²) < 4.78 is 19.0. The minimum Gasteiger partial charge on any atom is -0.409 e. The second-order valence-electron chi connectivity index (χ2n) is 4.25. The quantitative estimate of drug-likeness (QED) is 0.689. The fraction of sp³-hybridized carbons (Fsp3) is 0. The molecule has 106 valence electrons. The summed E-state index contributed by atoms with van der Waals surface area (Å²) >= 11 is 11.5. The number of hydrogen-bond donors (Lipinski definition) is 0. The molecule has 0 N–H and O–H groups in total. The summed E-state index contributed by atoms with van der Waals surface area (Å²) in [6.07, 6.45) is 0. The average Bonchev–Trinajstić information content (AvgIpc) is 2.44. The van der Waals surface area contributed by atoms with E-state index < -0.39 is 17.1 Å². The van der Waals surface area contributed by atoms with Gasteiger partial charge in [-0.2, -0.15) is 0 Å². The highest BCUT2D eigenvalue weighted by Crippen LogP contribution is 2.19. The van der Waals surface area contributed by atoms with Gasteiger partial charge in [-0.05, 0) is 36.4 Å². The highest BCUT2D eigenvalue weighted by molar-refractivity contribution is 6.31.